The number of aryl methyl sites for hydroxylation is 1. The number of halogens is 1. The molecule has 148 valence electrons. The molecule has 0 radical (unpaired) electrons. The predicted octanol–water partition coefficient (Wildman–Crippen LogP) is 4.31. The highest BCUT2D eigenvalue weighted by molar-refractivity contribution is 9.10. The Balaban J connectivity index is 1.64. The van der Waals surface area contributed by atoms with Crippen LogP contribution < -0.4 is 10.6 Å². The summed E-state index contributed by atoms with van der Waals surface area (Å²) >= 11 is 5.30. The smallest absolute Gasteiger partial charge is 0.254 e. The average Bonchev–Trinajstić information content (AvgIpc) is 2.69. The fraction of sp³-hybridized carbons (Fsp3) is 0.333. The van der Waals surface area contributed by atoms with Crippen LogP contribution in [0.15, 0.2) is 40.9 Å². The second-order valence-electron chi connectivity index (χ2n) is 6.74. The Morgan fingerprint density at radius 3 is 2.57 bits per heavy atom. The molecule has 3 rings (SSSR count). The quantitative estimate of drug-likeness (QED) is 0.696. The fourth-order valence-electron chi connectivity index (χ4n) is 3.13. The lowest BCUT2D eigenvalue weighted by atomic mass is 10.1. The summed E-state index contributed by atoms with van der Waals surface area (Å²) in [6.07, 6.45) is 0. The summed E-state index contributed by atoms with van der Waals surface area (Å²) in [5, 5.41) is 6.08. The number of carbonyl (C=O) groups is 2. The van der Waals surface area contributed by atoms with E-state index < -0.39 is 0 Å². The summed E-state index contributed by atoms with van der Waals surface area (Å²) in [6, 6.07) is 11.3. The zero-order valence-electron chi connectivity index (χ0n) is 16.0. The minimum absolute atomic E-state index is 0.0661. The lowest BCUT2D eigenvalue weighted by molar-refractivity contribution is -0.114. The molecule has 0 saturated carbocycles. The average molecular weight is 462 g/mol. The number of thioether (sulfide) groups is 1. The lowest BCUT2D eigenvalue weighted by Crippen LogP contribution is -2.38. The first-order valence-electron chi connectivity index (χ1n) is 9.22. The van der Waals surface area contributed by atoms with Crippen molar-refractivity contribution in [3.63, 3.8) is 0 Å². The SMILES string of the molecule is Cc1cc(Br)ccc1NC(=O)CNc1cccc(C(=O)N2CCSCC2)c1C. The first kappa shape index (κ1) is 20.7. The van der Waals surface area contributed by atoms with Crippen molar-refractivity contribution in [3.8, 4) is 0 Å². The number of carbonyl (C=O) groups excluding carboxylic acids is 2. The molecule has 1 heterocycles. The van der Waals surface area contributed by atoms with E-state index in [2.05, 4.69) is 26.6 Å². The Labute approximate surface area is 178 Å². The molecule has 28 heavy (non-hydrogen) atoms. The number of hydrogen-bond acceptors (Lipinski definition) is 4. The highest BCUT2D eigenvalue weighted by Gasteiger charge is 2.20. The molecule has 1 aliphatic heterocycles. The zero-order chi connectivity index (χ0) is 20.1. The van der Waals surface area contributed by atoms with Gasteiger partial charge in [-0.15, -0.1) is 0 Å². The van der Waals surface area contributed by atoms with Gasteiger partial charge in [-0.2, -0.15) is 11.8 Å². The van der Waals surface area contributed by atoms with E-state index in [0.29, 0.717) is 5.56 Å². The maximum Gasteiger partial charge on any atom is 0.254 e. The van der Waals surface area contributed by atoms with E-state index in [9.17, 15) is 9.59 Å². The van der Waals surface area contributed by atoms with Gasteiger partial charge in [-0.25, -0.2) is 0 Å². The molecular formula is C21H24BrN3O2S. The Morgan fingerprint density at radius 1 is 1.11 bits per heavy atom. The van der Waals surface area contributed by atoms with E-state index in [1.807, 2.05) is 66.9 Å². The second kappa shape index (κ2) is 9.47. The van der Waals surface area contributed by atoms with Crippen LogP contribution in [0.2, 0.25) is 0 Å². The molecule has 0 aromatic heterocycles. The molecule has 5 nitrogen and oxygen atoms in total. The Kier molecular flexibility index (Phi) is 7.02. The molecule has 2 N–H and O–H groups in total. The van der Waals surface area contributed by atoms with Crippen molar-refractivity contribution in [2.24, 2.45) is 0 Å². The molecule has 0 aliphatic carbocycles. The van der Waals surface area contributed by atoms with E-state index >= 15 is 0 Å². The summed E-state index contributed by atoms with van der Waals surface area (Å²) in [4.78, 5) is 27.1. The number of amides is 2. The molecule has 2 aromatic rings. The van der Waals surface area contributed by atoms with Crippen molar-refractivity contribution < 1.29 is 9.59 Å². The zero-order valence-corrected chi connectivity index (χ0v) is 18.5. The van der Waals surface area contributed by atoms with E-state index in [-0.39, 0.29) is 18.4 Å². The van der Waals surface area contributed by atoms with Crippen molar-refractivity contribution in [2.45, 2.75) is 13.8 Å². The van der Waals surface area contributed by atoms with Crippen molar-refractivity contribution in [3.05, 3.63) is 57.6 Å². The number of nitrogens with zero attached hydrogens (tertiary/aromatic N) is 1. The molecule has 0 atom stereocenters. The van der Waals surface area contributed by atoms with Crippen molar-refractivity contribution in [1.29, 1.82) is 0 Å². The predicted molar refractivity (Wildman–Crippen MR) is 120 cm³/mol. The lowest BCUT2D eigenvalue weighted by Gasteiger charge is -2.27. The molecule has 0 spiro atoms. The van der Waals surface area contributed by atoms with Crippen molar-refractivity contribution in [2.75, 3.05) is 41.8 Å². The van der Waals surface area contributed by atoms with Gasteiger partial charge in [0.25, 0.3) is 5.91 Å². The van der Waals surface area contributed by atoms with Crippen LogP contribution in [-0.2, 0) is 4.79 Å². The standard InChI is InChI=1S/C21H24BrN3O2S/c1-14-12-16(22)6-7-18(14)24-20(26)13-23-19-5-3-4-17(15(19)2)21(27)25-8-10-28-11-9-25/h3-7,12,23H,8-11,13H2,1-2H3,(H,24,26). The number of hydrogen-bond donors (Lipinski definition) is 2. The van der Waals surface area contributed by atoms with Gasteiger partial charge in [-0.1, -0.05) is 22.0 Å². The van der Waals surface area contributed by atoms with E-state index in [4.69, 9.17) is 0 Å². The van der Waals surface area contributed by atoms with Crippen LogP contribution in [0.1, 0.15) is 21.5 Å². The topological polar surface area (TPSA) is 61.4 Å². The van der Waals surface area contributed by atoms with Crippen LogP contribution in [0.4, 0.5) is 11.4 Å². The molecule has 1 fully saturated rings. The Hall–Kier alpha value is -1.99. The summed E-state index contributed by atoms with van der Waals surface area (Å²) in [5.41, 5.74) is 4.16. The third kappa shape index (κ3) is 5.08. The van der Waals surface area contributed by atoms with Crippen LogP contribution in [0.3, 0.4) is 0 Å². The van der Waals surface area contributed by atoms with Crippen LogP contribution in [0, 0.1) is 13.8 Å². The number of benzene rings is 2. The number of anilines is 2. The van der Waals surface area contributed by atoms with Gasteiger partial charge in [-0.3, -0.25) is 9.59 Å². The largest absolute Gasteiger partial charge is 0.376 e. The molecule has 2 amide bonds. The van der Waals surface area contributed by atoms with Gasteiger partial charge in [0.1, 0.15) is 0 Å². The van der Waals surface area contributed by atoms with E-state index in [1.165, 1.54) is 0 Å². The van der Waals surface area contributed by atoms with Crippen LogP contribution in [0.25, 0.3) is 0 Å². The van der Waals surface area contributed by atoms with Crippen LogP contribution in [0.5, 0.6) is 0 Å². The van der Waals surface area contributed by atoms with Crippen LogP contribution >= 0.6 is 27.7 Å². The first-order valence-corrected chi connectivity index (χ1v) is 11.2. The van der Waals surface area contributed by atoms with Crippen molar-refractivity contribution >= 4 is 50.9 Å². The van der Waals surface area contributed by atoms with Gasteiger partial charge in [0.2, 0.25) is 5.91 Å². The Morgan fingerprint density at radius 2 is 1.86 bits per heavy atom. The van der Waals surface area contributed by atoms with Gasteiger partial charge in [0.05, 0.1) is 6.54 Å². The maximum absolute atomic E-state index is 12.8. The van der Waals surface area contributed by atoms with Gasteiger partial charge >= 0.3 is 0 Å². The molecule has 2 aromatic carbocycles. The highest BCUT2D eigenvalue weighted by Crippen LogP contribution is 2.23. The summed E-state index contributed by atoms with van der Waals surface area (Å²) < 4.78 is 0.977. The van der Waals surface area contributed by atoms with E-state index in [0.717, 1.165) is 51.6 Å². The molecule has 0 unspecified atom stereocenters. The molecule has 1 aliphatic rings. The molecule has 1 saturated heterocycles. The highest BCUT2D eigenvalue weighted by atomic mass is 79.9. The van der Waals surface area contributed by atoms with Crippen molar-refractivity contribution in [1.82, 2.24) is 4.90 Å². The number of nitrogens with one attached hydrogen (secondary N) is 2. The van der Waals surface area contributed by atoms with Gasteiger partial charge in [0.15, 0.2) is 0 Å². The molecule has 0 bridgehead atoms. The third-order valence-electron chi connectivity index (χ3n) is 4.76. The molecule has 7 heteroatoms. The van der Waals surface area contributed by atoms with E-state index in [1.54, 1.807) is 0 Å². The minimum atomic E-state index is -0.130. The Bertz CT molecular complexity index is 882. The van der Waals surface area contributed by atoms with Gasteiger partial charge < -0.3 is 15.5 Å². The normalized spacial score (nSPS) is 13.9. The maximum atomic E-state index is 12.8. The second-order valence-corrected chi connectivity index (χ2v) is 8.88. The van der Waals surface area contributed by atoms with Gasteiger partial charge in [-0.05, 0) is 55.3 Å². The number of rotatable bonds is 5. The summed E-state index contributed by atoms with van der Waals surface area (Å²) in [5.74, 6) is 1.91. The monoisotopic (exact) mass is 461 g/mol. The third-order valence-corrected chi connectivity index (χ3v) is 6.20. The van der Waals surface area contributed by atoms with Crippen LogP contribution in [-0.4, -0.2) is 47.9 Å². The summed E-state index contributed by atoms with van der Waals surface area (Å²) in [7, 11) is 0. The fourth-order valence-corrected chi connectivity index (χ4v) is 4.51. The molecular weight excluding hydrogens is 438 g/mol. The summed E-state index contributed by atoms with van der Waals surface area (Å²) in [6.45, 7) is 5.58. The first-order chi connectivity index (χ1) is 13.5. The van der Waals surface area contributed by atoms with Gasteiger partial charge in [0, 0.05) is 46.0 Å². The minimum Gasteiger partial charge on any atom is -0.376 e.